The summed E-state index contributed by atoms with van der Waals surface area (Å²) in [5.74, 6) is 0. The molecule has 3 aliphatic rings. The van der Waals surface area contributed by atoms with Gasteiger partial charge in [0.05, 0.1) is 30.8 Å². The molecule has 5 nitrogen and oxygen atoms in total. The molecule has 6 heteroatoms. The third-order valence-corrected chi connectivity index (χ3v) is 7.76. The minimum absolute atomic E-state index is 0.242. The molecule has 1 unspecified atom stereocenters. The summed E-state index contributed by atoms with van der Waals surface area (Å²) < 4.78 is 5.61. The van der Waals surface area contributed by atoms with Crippen LogP contribution in [0.25, 0.3) is 10.8 Å². The van der Waals surface area contributed by atoms with Gasteiger partial charge in [0.1, 0.15) is 0 Å². The van der Waals surface area contributed by atoms with E-state index in [0.717, 1.165) is 42.7 Å². The van der Waals surface area contributed by atoms with Crippen molar-refractivity contribution in [2.24, 2.45) is 4.99 Å². The Morgan fingerprint density at radius 3 is 2.53 bits per heavy atom. The Morgan fingerprint density at radius 2 is 1.75 bits per heavy atom. The number of hydrogen-bond acceptors (Lipinski definition) is 5. The van der Waals surface area contributed by atoms with Gasteiger partial charge in [-0.25, -0.2) is 0 Å². The molecular weight excluding hydrogens is 420 g/mol. The average molecular weight is 447 g/mol. The van der Waals surface area contributed by atoms with Crippen molar-refractivity contribution in [2.45, 2.75) is 24.9 Å². The van der Waals surface area contributed by atoms with Crippen molar-refractivity contribution in [3.63, 3.8) is 0 Å². The van der Waals surface area contributed by atoms with E-state index >= 15 is 0 Å². The molecule has 0 aliphatic carbocycles. The first kappa shape index (κ1) is 19.9. The lowest BCUT2D eigenvalue weighted by Gasteiger charge is -2.47. The van der Waals surface area contributed by atoms with Crippen molar-refractivity contribution in [1.29, 1.82) is 0 Å². The van der Waals surface area contributed by atoms with Crippen LogP contribution in [0.3, 0.4) is 0 Å². The van der Waals surface area contributed by atoms with E-state index in [-0.39, 0.29) is 5.41 Å². The monoisotopic (exact) mass is 446 g/mol. The highest BCUT2D eigenvalue weighted by Crippen LogP contribution is 2.54. The SMILES string of the molecule is CN1c2ccc(Cl)cc2C(C)(C)C12C=Nc1c(cc(N3CCOCC3)c3ccccc13)N2. The summed E-state index contributed by atoms with van der Waals surface area (Å²) >= 11 is 6.39. The van der Waals surface area contributed by atoms with Crippen molar-refractivity contribution in [3.8, 4) is 0 Å². The average Bonchev–Trinajstić information content (AvgIpc) is 2.97. The molecule has 1 fully saturated rings. The van der Waals surface area contributed by atoms with Crippen molar-refractivity contribution in [3.05, 3.63) is 59.1 Å². The van der Waals surface area contributed by atoms with Crippen molar-refractivity contribution in [1.82, 2.24) is 0 Å². The standard InChI is InChI=1S/C26H27ClN4O/c1-25(2)20-14-17(27)8-9-22(20)30(3)26(25)16-28-24-19-7-5-4-6-18(19)23(15-21(24)29-26)31-10-12-32-13-11-31/h4-9,14-16,29H,10-13H2,1-3H3. The van der Waals surface area contributed by atoms with Gasteiger partial charge >= 0.3 is 0 Å². The molecule has 0 aromatic heterocycles. The number of halogens is 1. The number of anilines is 3. The van der Waals surface area contributed by atoms with Crippen molar-refractivity contribution < 1.29 is 4.74 Å². The Balaban J connectivity index is 1.53. The molecule has 0 bridgehead atoms. The zero-order valence-corrected chi connectivity index (χ0v) is 19.4. The Hall–Kier alpha value is -2.76. The topological polar surface area (TPSA) is 40.1 Å². The zero-order valence-electron chi connectivity index (χ0n) is 18.7. The molecule has 32 heavy (non-hydrogen) atoms. The molecule has 1 atom stereocenters. The van der Waals surface area contributed by atoms with Gasteiger partial charge in [0.15, 0.2) is 5.66 Å². The molecule has 0 amide bonds. The van der Waals surface area contributed by atoms with E-state index < -0.39 is 5.66 Å². The molecule has 3 aromatic rings. The summed E-state index contributed by atoms with van der Waals surface area (Å²) in [4.78, 5) is 9.82. The van der Waals surface area contributed by atoms with Crippen LogP contribution < -0.4 is 15.1 Å². The van der Waals surface area contributed by atoms with Crippen LogP contribution in [0.1, 0.15) is 19.4 Å². The lowest BCUT2D eigenvalue weighted by Crippen LogP contribution is -2.62. The molecule has 3 aliphatic heterocycles. The van der Waals surface area contributed by atoms with Crippen LogP contribution in [0.2, 0.25) is 5.02 Å². The maximum absolute atomic E-state index is 6.39. The van der Waals surface area contributed by atoms with E-state index in [1.165, 1.54) is 27.7 Å². The van der Waals surface area contributed by atoms with Crippen molar-refractivity contribution >= 4 is 51.3 Å². The molecule has 164 valence electrons. The fourth-order valence-electron chi connectivity index (χ4n) is 5.64. The first-order valence-electron chi connectivity index (χ1n) is 11.2. The number of benzene rings is 3. The Labute approximate surface area is 193 Å². The summed E-state index contributed by atoms with van der Waals surface area (Å²) in [7, 11) is 2.13. The highest BCUT2D eigenvalue weighted by atomic mass is 35.5. The summed E-state index contributed by atoms with van der Waals surface area (Å²) in [5, 5.41) is 7.09. The Bertz CT molecular complexity index is 1260. The van der Waals surface area contributed by atoms with Gasteiger partial charge in [-0.1, -0.05) is 49.7 Å². The van der Waals surface area contributed by atoms with E-state index in [4.69, 9.17) is 21.3 Å². The first-order chi connectivity index (χ1) is 15.4. The lowest BCUT2D eigenvalue weighted by atomic mass is 9.75. The largest absolute Gasteiger partial charge is 0.378 e. The number of likely N-dealkylation sites (N-methyl/N-ethyl adjacent to an activating group) is 1. The smallest absolute Gasteiger partial charge is 0.156 e. The fraction of sp³-hybridized carbons (Fsp3) is 0.346. The quantitative estimate of drug-likeness (QED) is 0.529. The summed E-state index contributed by atoms with van der Waals surface area (Å²) in [6.45, 7) is 7.83. The van der Waals surface area contributed by atoms with Crippen LogP contribution >= 0.6 is 11.6 Å². The fourth-order valence-corrected chi connectivity index (χ4v) is 5.81. The van der Waals surface area contributed by atoms with Gasteiger partial charge < -0.3 is 19.9 Å². The van der Waals surface area contributed by atoms with Gasteiger partial charge in [-0.05, 0) is 29.8 Å². The number of rotatable bonds is 1. The van der Waals surface area contributed by atoms with Crippen LogP contribution in [0.5, 0.6) is 0 Å². The summed E-state index contributed by atoms with van der Waals surface area (Å²) in [5.41, 5.74) is 4.97. The lowest BCUT2D eigenvalue weighted by molar-refractivity contribution is 0.123. The number of morpholine rings is 1. The number of ether oxygens (including phenoxy) is 1. The van der Waals surface area contributed by atoms with E-state index in [9.17, 15) is 0 Å². The minimum Gasteiger partial charge on any atom is -0.378 e. The Morgan fingerprint density at radius 1 is 1.00 bits per heavy atom. The van der Waals surface area contributed by atoms with Crippen LogP contribution in [0, 0.1) is 0 Å². The van der Waals surface area contributed by atoms with Crippen molar-refractivity contribution in [2.75, 3.05) is 48.5 Å². The minimum atomic E-state index is -0.488. The van der Waals surface area contributed by atoms with Crippen LogP contribution in [-0.4, -0.2) is 45.2 Å². The molecule has 1 saturated heterocycles. The van der Waals surface area contributed by atoms with E-state index in [2.05, 4.69) is 84.7 Å². The van der Waals surface area contributed by atoms with Gasteiger partial charge in [-0.3, -0.25) is 4.99 Å². The second-order valence-corrected chi connectivity index (χ2v) is 9.87. The third-order valence-electron chi connectivity index (χ3n) is 7.53. The predicted octanol–water partition coefficient (Wildman–Crippen LogP) is 5.58. The van der Waals surface area contributed by atoms with Gasteiger partial charge in [-0.2, -0.15) is 0 Å². The molecule has 1 N–H and O–H groups in total. The number of hydrogen-bond donors (Lipinski definition) is 1. The Kier molecular flexibility index (Phi) is 4.27. The molecule has 1 spiro atoms. The molecule has 3 heterocycles. The van der Waals surface area contributed by atoms with Gasteiger partial charge in [0, 0.05) is 52.7 Å². The first-order valence-corrected chi connectivity index (χ1v) is 11.6. The van der Waals surface area contributed by atoms with Crippen LogP contribution in [-0.2, 0) is 10.2 Å². The normalized spacial score (nSPS) is 23.4. The molecule has 0 saturated carbocycles. The second kappa shape index (κ2) is 6.87. The van der Waals surface area contributed by atoms with E-state index in [0.29, 0.717) is 0 Å². The van der Waals surface area contributed by atoms with Crippen LogP contribution in [0.15, 0.2) is 53.5 Å². The zero-order chi connectivity index (χ0) is 22.1. The van der Waals surface area contributed by atoms with E-state index in [1.807, 2.05) is 6.07 Å². The van der Waals surface area contributed by atoms with Gasteiger partial charge in [0.25, 0.3) is 0 Å². The number of fused-ring (bicyclic) bond motifs is 4. The third kappa shape index (κ3) is 2.58. The maximum Gasteiger partial charge on any atom is 0.156 e. The number of nitrogens with zero attached hydrogens (tertiary/aromatic N) is 3. The second-order valence-electron chi connectivity index (χ2n) is 9.43. The highest BCUT2D eigenvalue weighted by molar-refractivity contribution is 6.30. The predicted molar refractivity (Wildman–Crippen MR) is 134 cm³/mol. The molecule has 3 aromatic carbocycles. The molecule has 0 radical (unpaired) electrons. The van der Waals surface area contributed by atoms with Crippen LogP contribution in [0.4, 0.5) is 22.7 Å². The molecular formula is C26H27ClN4O. The number of nitrogens with one attached hydrogen (secondary N) is 1. The maximum atomic E-state index is 6.39. The summed E-state index contributed by atoms with van der Waals surface area (Å²) in [6.07, 6.45) is 2.09. The number of aliphatic imine (C=N–C) groups is 1. The highest BCUT2D eigenvalue weighted by Gasteiger charge is 2.56. The summed E-state index contributed by atoms with van der Waals surface area (Å²) in [6, 6.07) is 17.0. The van der Waals surface area contributed by atoms with Gasteiger partial charge in [0.2, 0.25) is 0 Å². The van der Waals surface area contributed by atoms with E-state index in [1.54, 1.807) is 0 Å². The molecule has 6 rings (SSSR count). The van der Waals surface area contributed by atoms with Gasteiger partial charge in [-0.15, -0.1) is 0 Å².